The lowest BCUT2D eigenvalue weighted by Crippen LogP contribution is -2.65. The van der Waals surface area contributed by atoms with Gasteiger partial charge in [-0.2, -0.15) is 0 Å². The summed E-state index contributed by atoms with van der Waals surface area (Å²) in [6.07, 6.45) is 19.8. The van der Waals surface area contributed by atoms with Crippen molar-refractivity contribution >= 4 is 5.91 Å². The monoisotopic (exact) mass is 856 g/mol. The Morgan fingerprint density at radius 3 is 1.73 bits per heavy atom. The SMILES string of the molecule is CC/C=C\C/C=C\C/C=C\C/C=C\CCCCC(=O)NC(COC1OC(CO)C(OC2OC(CO)C(O)C(O)C2O)C(O)C1O)C(O)CCCCCCCCCCCCC. The van der Waals surface area contributed by atoms with Crippen LogP contribution in [0.3, 0.4) is 0 Å². The Bertz CT molecular complexity index is 1200. The van der Waals surface area contributed by atoms with Crippen LogP contribution >= 0.6 is 0 Å². The lowest BCUT2D eigenvalue weighted by Gasteiger charge is -2.46. The Labute approximate surface area is 359 Å². The molecule has 2 heterocycles. The van der Waals surface area contributed by atoms with Crippen LogP contribution in [-0.4, -0.2) is 140 Å². The van der Waals surface area contributed by atoms with Crippen molar-refractivity contribution < 1.29 is 64.6 Å². The number of aliphatic hydroxyl groups excluding tert-OH is 8. The van der Waals surface area contributed by atoms with Gasteiger partial charge in [0.25, 0.3) is 0 Å². The van der Waals surface area contributed by atoms with Crippen molar-refractivity contribution in [3.05, 3.63) is 48.6 Å². The van der Waals surface area contributed by atoms with Crippen LogP contribution in [0.1, 0.15) is 142 Å². The molecule has 1 amide bonds. The number of ether oxygens (including phenoxy) is 4. The van der Waals surface area contributed by atoms with E-state index in [2.05, 4.69) is 67.8 Å². The number of nitrogens with one attached hydrogen (secondary N) is 1. The summed E-state index contributed by atoms with van der Waals surface area (Å²) in [6.45, 7) is 2.66. The van der Waals surface area contributed by atoms with Gasteiger partial charge in [0.15, 0.2) is 12.6 Å². The zero-order valence-corrected chi connectivity index (χ0v) is 36.4. The van der Waals surface area contributed by atoms with Gasteiger partial charge < -0.3 is 65.1 Å². The van der Waals surface area contributed by atoms with E-state index in [0.717, 1.165) is 64.2 Å². The van der Waals surface area contributed by atoms with Crippen LogP contribution in [-0.2, 0) is 23.7 Å². The molecule has 2 saturated heterocycles. The number of unbranched alkanes of at least 4 members (excludes halogenated alkanes) is 12. The summed E-state index contributed by atoms with van der Waals surface area (Å²) in [7, 11) is 0. The van der Waals surface area contributed by atoms with Gasteiger partial charge in [-0.05, 0) is 51.4 Å². The second-order valence-corrected chi connectivity index (χ2v) is 16.2. The highest BCUT2D eigenvalue weighted by Gasteiger charge is 2.51. The van der Waals surface area contributed by atoms with E-state index >= 15 is 0 Å². The van der Waals surface area contributed by atoms with Crippen molar-refractivity contribution in [2.45, 2.75) is 216 Å². The topological polar surface area (TPSA) is 228 Å². The molecule has 14 nitrogen and oxygen atoms in total. The van der Waals surface area contributed by atoms with Gasteiger partial charge in [0.1, 0.15) is 48.8 Å². The Kier molecular flexibility index (Phi) is 30.2. The molecule has 0 aromatic heterocycles. The molecule has 12 atom stereocenters. The van der Waals surface area contributed by atoms with Gasteiger partial charge in [-0.3, -0.25) is 4.79 Å². The Hall–Kier alpha value is -2.05. The van der Waals surface area contributed by atoms with E-state index in [1.807, 2.05) is 0 Å². The predicted octanol–water partition coefficient (Wildman–Crippen LogP) is 4.54. The minimum Gasteiger partial charge on any atom is -0.394 e. The van der Waals surface area contributed by atoms with Crippen LogP contribution in [0.25, 0.3) is 0 Å². The van der Waals surface area contributed by atoms with Crippen molar-refractivity contribution in [2.75, 3.05) is 19.8 Å². The smallest absolute Gasteiger partial charge is 0.220 e. The molecule has 2 rings (SSSR count). The number of hydrogen-bond donors (Lipinski definition) is 9. The third-order valence-corrected chi connectivity index (χ3v) is 11.1. The fourth-order valence-electron chi connectivity index (χ4n) is 7.28. The predicted molar refractivity (Wildman–Crippen MR) is 231 cm³/mol. The summed E-state index contributed by atoms with van der Waals surface area (Å²) >= 11 is 0. The number of hydrogen-bond acceptors (Lipinski definition) is 13. The third-order valence-electron chi connectivity index (χ3n) is 11.1. The molecular weight excluding hydrogens is 774 g/mol. The maximum absolute atomic E-state index is 13.1. The lowest BCUT2D eigenvalue weighted by atomic mass is 9.97. The summed E-state index contributed by atoms with van der Waals surface area (Å²) in [6, 6.07) is -0.849. The molecule has 9 N–H and O–H groups in total. The van der Waals surface area contributed by atoms with Gasteiger partial charge in [0, 0.05) is 6.42 Å². The maximum atomic E-state index is 13.1. The van der Waals surface area contributed by atoms with E-state index in [4.69, 9.17) is 18.9 Å². The number of allylic oxidation sites excluding steroid dienone is 8. The molecule has 0 aromatic carbocycles. The molecule has 2 aliphatic heterocycles. The van der Waals surface area contributed by atoms with Gasteiger partial charge in [-0.1, -0.05) is 133 Å². The van der Waals surface area contributed by atoms with Gasteiger partial charge in [0.2, 0.25) is 5.91 Å². The van der Waals surface area contributed by atoms with Gasteiger partial charge in [-0.15, -0.1) is 0 Å². The van der Waals surface area contributed by atoms with E-state index in [0.29, 0.717) is 12.8 Å². The highest BCUT2D eigenvalue weighted by atomic mass is 16.7. The van der Waals surface area contributed by atoms with Crippen molar-refractivity contribution in [2.24, 2.45) is 0 Å². The quantitative estimate of drug-likeness (QED) is 0.0327. The normalized spacial score (nSPS) is 28.7. The van der Waals surface area contributed by atoms with Crippen molar-refractivity contribution in [1.82, 2.24) is 5.32 Å². The molecule has 0 aromatic rings. The third kappa shape index (κ3) is 21.4. The van der Waals surface area contributed by atoms with Crippen LogP contribution < -0.4 is 5.32 Å². The van der Waals surface area contributed by atoms with Gasteiger partial charge in [-0.25, -0.2) is 0 Å². The second kappa shape index (κ2) is 33.5. The number of rotatable bonds is 33. The highest BCUT2D eigenvalue weighted by Crippen LogP contribution is 2.30. The molecule has 0 radical (unpaired) electrons. The molecule has 348 valence electrons. The molecule has 14 heteroatoms. The highest BCUT2D eigenvalue weighted by molar-refractivity contribution is 5.76. The molecule has 60 heavy (non-hydrogen) atoms. The molecular formula is C46H81NO13. The standard InChI is InChI=1S/C46H81NO13/c1-3-5-7-9-11-13-15-16-17-18-20-22-24-26-28-30-38(51)47-34(35(50)29-27-25-23-21-19-14-12-10-8-6-4-2)33-57-45-43(56)41(54)44(37(32-49)59-45)60-46-42(55)40(53)39(52)36(31-48)58-46/h5,7,11,13,16-17,20,22,34-37,39-46,48-50,52-56H,3-4,6,8-10,12,14-15,18-19,21,23-33H2,1-2H3,(H,47,51)/b7-5-,13-11-,17-16-,22-20-. The molecule has 0 bridgehead atoms. The van der Waals surface area contributed by atoms with Gasteiger partial charge >= 0.3 is 0 Å². The summed E-state index contributed by atoms with van der Waals surface area (Å²) in [5, 5.41) is 86.5. The Morgan fingerprint density at radius 1 is 0.617 bits per heavy atom. The van der Waals surface area contributed by atoms with Crippen molar-refractivity contribution in [1.29, 1.82) is 0 Å². The number of carbonyl (C=O) groups is 1. The Morgan fingerprint density at radius 2 is 1.15 bits per heavy atom. The number of aliphatic hydroxyl groups is 8. The minimum absolute atomic E-state index is 0.250. The summed E-state index contributed by atoms with van der Waals surface area (Å²) < 4.78 is 22.6. The number of carbonyl (C=O) groups excluding carboxylic acids is 1. The minimum atomic E-state index is -1.79. The molecule has 2 fully saturated rings. The van der Waals surface area contributed by atoms with Crippen LogP contribution in [0.2, 0.25) is 0 Å². The summed E-state index contributed by atoms with van der Waals surface area (Å²) in [5.41, 5.74) is 0. The van der Waals surface area contributed by atoms with Crippen LogP contribution in [0.15, 0.2) is 48.6 Å². The largest absolute Gasteiger partial charge is 0.394 e. The first kappa shape index (κ1) is 54.1. The first-order chi connectivity index (χ1) is 29.1. The van der Waals surface area contributed by atoms with E-state index in [1.165, 1.54) is 44.9 Å². The first-order valence-electron chi connectivity index (χ1n) is 22.9. The fourth-order valence-corrected chi connectivity index (χ4v) is 7.28. The average Bonchev–Trinajstić information content (AvgIpc) is 3.24. The Balaban J connectivity index is 1.90. The van der Waals surface area contributed by atoms with E-state index in [1.54, 1.807) is 0 Å². The lowest BCUT2D eigenvalue weighted by molar-refractivity contribution is -0.359. The van der Waals surface area contributed by atoms with E-state index in [-0.39, 0.29) is 18.9 Å². The molecule has 2 aliphatic rings. The van der Waals surface area contributed by atoms with Crippen LogP contribution in [0.4, 0.5) is 0 Å². The first-order valence-corrected chi connectivity index (χ1v) is 22.9. The second-order valence-electron chi connectivity index (χ2n) is 16.2. The maximum Gasteiger partial charge on any atom is 0.220 e. The molecule has 0 saturated carbocycles. The molecule has 0 spiro atoms. The van der Waals surface area contributed by atoms with Crippen LogP contribution in [0.5, 0.6) is 0 Å². The van der Waals surface area contributed by atoms with Crippen molar-refractivity contribution in [3.63, 3.8) is 0 Å². The zero-order chi connectivity index (χ0) is 44.0. The molecule has 12 unspecified atom stereocenters. The fraction of sp³-hybridized carbons (Fsp3) is 0.804. The number of amides is 1. The zero-order valence-electron chi connectivity index (χ0n) is 36.4. The molecule has 0 aliphatic carbocycles. The van der Waals surface area contributed by atoms with Gasteiger partial charge in [0.05, 0.1) is 32.0 Å². The van der Waals surface area contributed by atoms with E-state index in [9.17, 15) is 45.6 Å². The van der Waals surface area contributed by atoms with Crippen LogP contribution in [0, 0.1) is 0 Å². The summed E-state index contributed by atoms with van der Waals surface area (Å²) in [5.74, 6) is -0.252. The average molecular weight is 856 g/mol. The van der Waals surface area contributed by atoms with Crippen molar-refractivity contribution in [3.8, 4) is 0 Å². The summed E-state index contributed by atoms with van der Waals surface area (Å²) in [4.78, 5) is 13.1. The van der Waals surface area contributed by atoms with E-state index < -0.39 is 86.8 Å².